The average molecular weight is 367 g/mol. The molecule has 0 aromatic carbocycles. The van der Waals surface area contributed by atoms with Gasteiger partial charge in [0.25, 0.3) is 0 Å². The summed E-state index contributed by atoms with van der Waals surface area (Å²) in [5.74, 6) is 1.64. The molecule has 1 aliphatic rings. The Kier molecular flexibility index (Phi) is 5.06. The Hall–Kier alpha value is -3.27. The fourth-order valence-electron chi connectivity index (χ4n) is 2.79. The lowest BCUT2D eigenvalue weighted by Gasteiger charge is -2.27. The van der Waals surface area contributed by atoms with E-state index in [0.29, 0.717) is 25.7 Å². The molecule has 0 aliphatic carbocycles. The van der Waals surface area contributed by atoms with E-state index in [1.165, 1.54) is 0 Å². The van der Waals surface area contributed by atoms with Gasteiger partial charge in [0.2, 0.25) is 11.9 Å². The summed E-state index contributed by atoms with van der Waals surface area (Å²) >= 11 is 0. The lowest BCUT2D eigenvalue weighted by molar-refractivity contribution is 0.122. The standard InChI is InChI=1S/C17H21N9O/c18-16-21-8-12(9-22-16)14-7-15(20-2-1-13-10-19-11-23-13)25-17(24-14)26-3-5-27-6-4-26/h7-11H,1-6H2,(H,19,23)(H2,18,21,22)(H,20,24,25). The smallest absolute Gasteiger partial charge is 0.228 e. The predicted octanol–water partition coefficient (Wildman–Crippen LogP) is 0.730. The number of hydrogen-bond acceptors (Lipinski definition) is 9. The molecule has 3 aromatic rings. The number of H-pyrrole nitrogens is 1. The van der Waals surface area contributed by atoms with Crippen molar-refractivity contribution in [3.05, 3.63) is 36.7 Å². The van der Waals surface area contributed by atoms with Crippen molar-refractivity contribution in [1.29, 1.82) is 0 Å². The Morgan fingerprint density at radius 1 is 1.15 bits per heavy atom. The molecule has 0 bridgehead atoms. The number of rotatable bonds is 6. The normalized spacial score (nSPS) is 14.3. The number of nitrogens with one attached hydrogen (secondary N) is 2. The molecule has 1 saturated heterocycles. The van der Waals surface area contributed by atoms with Crippen LogP contribution in [0.25, 0.3) is 11.3 Å². The third-order valence-electron chi connectivity index (χ3n) is 4.22. The molecule has 0 unspecified atom stereocenters. The van der Waals surface area contributed by atoms with E-state index in [4.69, 9.17) is 15.5 Å². The third kappa shape index (κ3) is 4.29. The molecule has 0 amide bonds. The number of morpholine rings is 1. The summed E-state index contributed by atoms with van der Waals surface area (Å²) < 4.78 is 5.43. The SMILES string of the molecule is Nc1ncc(-c2cc(NCCc3c[nH]cn3)nc(N3CCOCC3)n2)cn1. The first-order valence-corrected chi connectivity index (χ1v) is 8.79. The van der Waals surface area contributed by atoms with Crippen LogP contribution in [0.15, 0.2) is 31.0 Å². The minimum Gasteiger partial charge on any atom is -0.378 e. The fourth-order valence-corrected chi connectivity index (χ4v) is 2.79. The van der Waals surface area contributed by atoms with E-state index < -0.39 is 0 Å². The van der Waals surface area contributed by atoms with Gasteiger partial charge in [0.15, 0.2) is 0 Å². The van der Waals surface area contributed by atoms with Gasteiger partial charge in [-0.05, 0) is 0 Å². The van der Waals surface area contributed by atoms with E-state index in [-0.39, 0.29) is 5.95 Å². The van der Waals surface area contributed by atoms with Crippen molar-refractivity contribution in [2.75, 3.05) is 48.8 Å². The summed E-state index contributed by atoms with van der Waals surface area (Å²) in [7, 11) is 0. The molecule has 1 fully saturated rings. The lowest BCUT2D eigenvalue weighted by Crippen LogP contribution is -2.37. The van der Waals surface area contributed by atoms with Crippen molar-refractivity contribution < 1.29 is 4.74 Å². The molecular formula is C17H21N9O. The maximum atomic E-state index is 5.60. The van der Waals surface area contributed by atoms with Crippen molar-refractivity contribution in [2.24, 2.45) is 0 Å². The van der Waals surface area contributed by atoms with Crippen molar-refractivity contribution in [1.82, 2.24) is 29.9 Å². The van der Waals surface area contributed by atoms with Gasteiger partial charge in [-0.3, -0.25) is 0 Å². The first-order chi connectivity index (χ1) is 13.3. The topological polar surface area (TPSA) is 131 Å². The molecule has 0 atom stereocenters. The van der Waals surface area contributed by atoms with E-state index in [2.05, 4.69) is 35.1 Å². The van der Waals surface area contributed by atoms with E-state index in [0.717, 1.165) is 42.3 Å². The maximum absolute atomic E-state index is 5.60. The van der Waals surface area contributed by atoms with Gasteiger partial charge in [-0.15, -0.1) is 0 Å². The molecule has 3 aromatic heterocycles. The minimum atomic E-state index is 0.235. The monoisotopic (exact) mass is 367 g/mol. The summed E-state index contributed by atoms with van der Waals surface area (Å²) in [6.45, 7) is 3.56. The van der Waals surface area contributed by atoms with Crippen LogP contribution in [-0.4, -0.2) is 62.8 Å². The molecule has 1 aliphatic heterocycles. The van der Waals surface area contributed by atoms with Gasteiger partial charge in [-0.1, -0.05) is 0 Å². The molecule has 4 heterocycles. The first kappa shape index (κ1) is 17.2. The number of anilines is 3. The highest BCUT2D eigenvalue weighted by molar-refractivity contribution is 5.63. The van der Waals surface area contributed by atoms with Crippen LogP contribution >= 0.6 is 0 Å². The van der Waals surface area contributed by atoms with Crippen LogP contribution < -0.4 is 16.0 Å². The van der Waals surface area contributed by atoms with E-state index in [1.807, 2.05) is 12.3 Å². The van der Waals surface area contributed by atoms with Crippen LogP contribution in [-0.2, 0) is 11.2 Å². The number of nitrogen functional groups attached to an aromatic ring is 1. The largest absolute Gasteiger partial charge is 0.378 e. The Bertz CT molecular complexity index is 861. The second kappa shape index (κ2) is 7.96. The molecule has 0 radical (unpaired) electrons. The number of hydrogen-bond donors (Lipinski definition) is 3. The van der Waals surface area contributed by atoms with Gasteiger partial charge < -0.3 is 25.7 Å². The fraction of sp³-hybridized carbons (Fsp3) is 0.353. The average Bonchev–Trinajstić information content (AvgIpc) is 3.22. The Morgan fingerprint density at radius 3 is 2.70 bits per heavy atom. The van der Waals surface area contributed by atoms with Gasteiger partial charge in [0.1, 0.15) is 5.82 Å². The van der Waals surface area contributed by atoms with Crippen molar-refractivity contribution in [3.63, 3.8) is 0 Å². The van der Waals surface area contributed by atoms with Gasteiger partial charge in [-0.2, -0.15) is 4.98 Å². The zero-order chi connectivity index (χ0) is 18.5. The molecule has 10 nitrogen and oxygen atoms in total. The Balaban J connectivity index is 1.58. The molecule has 27 heavy (non-hydrogen) atoms. The number of ether oxygens (including phenoxy) is 1. The highest BCUT2D eigenvalue weighted by atomic mass is 16.5. The van der Waals surface area contributed by atoms with E-state index >= 15 is 0 Å². The lowest BCUT2D eigenvalue weighted by atomic mass is 10.2. The maximum Gasteiger partial charge on any atom is 0.228 e. The highest BCUT2D eigenvalue weighted by Crippen LogP contribution is 2.23. The van der Waals surface area contributed by atoms with Gasteiger partial charge >= 0.3 is 0 Å². The summed E-state index contributed by atoms with van der Waals surface area (Å²) in [5, 5.41) is 3.36. The number of nitrogens with two attached hydrogens (primary N) is 1. The summed E-state index contributed by atoms with van der Waals surface area (Å²) in [6.07, 6.45) is 7.69. The van der Waals surface area contributed by atoms with Gasteiger partial charge in [0, 0.05) is 56.3 Å². The predicted molar refractivity (Wildman–Crippen MR) is 101 cm³/mol. The van der Waals surface area contributed by atoms with Crippen molar-refractivity contribution in [2.45, 2.75) is 6.42 Å². The molecule has 0 saturated carbocycles. The van der Waals surface area contributed by atoms with Gasteiger partial charge in [0.05, 0.1) is 30.9 Å². The van der Waals surface area contributed by atoms with Crippen molar-refractivity contribution >= 4 is 17.7 Å². The van der Waals surface area contributed by atoms with E-state index in [1.54, 1.807) is 18.7 Å². The zero-order valence-electron chi connectivity index (χ0n) is 14.8. The molecular weight excluding hydrogens is 346 g/mol. The molecule has 140 valence electrons. The number of aromatic amines is 1. The van der Waals surface area contributed by atoms with Crippen LogP contribution in [0.1, 0.15) is 5.69 Å². The second-order valence-corrected chi connectivity index (χ2v) is 6.11. The Morgan fingerprint density at radius 2 is 1.96 bits per heavy atom. The van der Waals surface area contributed by atoms with Gasteiger partial charge in [-0.25, -0.2) is 19.9 Å². The summed E-state index contributed by atoms with van der Waals surface area (Å²) in [5.41, 5.74) is 8.13. The molecule has 0 spiro atoms. The van der Waals surface area contributed by atoms with E-state index in [9.17, 15) is 0 Å². The van der Waals surface area contributed by atoms with Crippen LogP contribution in [0.4, 0.5) is 17.7 Å². The first-order valence-electron chi connectivity index (χ1n) is 8.79. The van der Waals surface area contributed by atoms with Crippen molar-refractivity contribution in [3.8, 4) is 11.3 Å². The van der Waals surface area contributed by atoms with Crippen LogP contribution in [0.2, 0.25) is 0 Å². The quantitative estimate of drug-likeness (QED) is 0.577. The number of aromatic nitrogens is 6. The number of nitrogens with zero attached hydrogens (tertiary/aromatic N) is 6. The minimum absolute atomic E-state index is 0.235. The third-order valence-corrected chi connectivity index (χ3v) is 4.22. The summed E-state index contributed by atoms with van der Waals surface area (Å²) in [6, 6.07) is 1.89. The summed E-state index contributed by atoms with van der Waals surface area (Å²) in [4.78, 5) is 26.8. The molecule has 4 N–H and O–H groups in total. The zero-order valence-corrected chi connectivity index (χ0v) is 14.8. The molecule has 10 heteroatoms. The second-order valence-electron chi connectivity index (χ2n) is 6.11. The highest BCUT2D eigenvalue weighted by Gasteiger charge is 2.16. The van der Waals surface area contributed by atoms with Crippen LogP contribution in [0.5, 0.6) is 0 Å². The number of imidazole rings is 1. The Labute approximate surface area is 156 Å². The van der Waals surface area contributed by atoms with Crippen LogP contribution in [0, 0.1) is 0 Å². The molecule has 4 rings (SSSR count). The van der Waals surface area contributed by atoms with Crippen LogP contribution in [0.3, 0.4) is 0 Å².